The van der Waals surface area contributed by atoms with Gasteiger partial charge in [-0.2, -0.15) is 8.42 Å². The van der Waals surface area contributed by atoms with Gasteiger partial charge >= 0.3 is 80.9 Å². The summed E-state index contributed by atoms with van der Waals surface area (Å²) in [4.78, 5) is 20.7. The van der Waals surface area contributed by atoms with Crippen molar-refractivity contribution in [3.8, 4) is 0 Å². The van der Waals surface area contributed by atoms with E-state index >= 15 is 0 Å². The van der Waals surface area contributed by atoms with E-state index in [1.165, 1.54) is 180 Å². The first-order valence-electron chi connectivity index (χ1n) is 25.8. The number of unbranched alkanes of at least 4 members (excludes halogenated alkanes) is 31. The number of carbonyl (C=O) groups excluding carboxylic acids is 2. The molecule has 1 aromatic rings. The molecule has 0 aromatic heterocycles. The van der Waals surface area contributed by atoms with Gasteiger partial charge in [0.15, 0.2) is 0 Å². The molecule has 0 fully saturated rings. The molecule has 0 saturated heterocycles. The number of benzene rings is 1. The van der Waals surface area contributed by atoms with Gasteiger partial charge in [0.2, 0.25) is 0 Å². The van der Waals surface area contributed by atoms with Crippen molar-refractivity contribution in [2.45, 2.75) is 270 Å². The second-order valence-electron chi connectivity index (χ2n) is 17.2. The Morgan fingerprint density at radius 2 is 0.703 bits per heavy atom. The van der Waals surface area contributed by atoms with Gasteiger partial charge in [-0.1, -0.05) is 224 Å². The summed E-state index contributed by atoms with van der Waals surface area (Å²) in [7, 11) is -3.57. The summed E-state index contributed by atoms with van der Waals surface area (Å²) in [5.74, 6) is -1.83. The fourth-order valence-corrected chi connectivity index (χ4v) is 8.06. The number of rotatable bonds is 43. The molecule has 0 aliphatic carbocycles. The van der Waals surface area contributed by atoms with E-state index in [-0.39, 0.29) is 105 Å². The molecule has 0 amide bonds. The summed E-state index contributed by atoms with van der Waals surface area (Å²) in [6.07, 6.45) is 54.1. The molecule has 0 unspecified atom stereocenters. The molecule has 1 aromatic carbocycles. The monoisotopic (exact) mass is 951 g/mol. The SMILES string of the molecule is CCCCCCCC/C=C\CCCCCCCC(=O)[O-].CCCCCCCC/C=C\CCCCCCCC(=O)[O-].CCCCCCCCCCCCOS(=O)(=O)c1ccccc1.[K+].[Na+]. The first-order chi connectivity index (χ1) is 30.2. The summed E-state index contributed by atoms with van der Waals surface area (Å²) in [6.45, 7) is 7.03. The second-order valence-corrected chi connectivity index (χ2v) is 18.8. The van der Waals surface area contributed by atoms with Crippen molar-refractivity contribution in [2.75, 3.05) is 6.61 Å². The molecule has 0 aliphatic heterocycles. The zero-order valence-corrected chi connectivity index (χ0v) is 48.5. The third-order valence-corrected chi connectivity index (χ3v) is 12.4. The van der Waals surface area contributed by atoms with Crippen molar-refractivity contribution < 1.29 is 113 Å². The predicted octanol–water partition coefficient (Wildman–Crippen LogP) is 8.87. The van der Waals surface area contributed by atoms with Gasteiger partial charge in [-0.25, -0.2) is 0 Å². The molecule has 0 saturated carbocycles. The largest absolute Gasteiger partial charge is 1.00 e. The van der Waals surface area contributed by atoms with Crippen molar-refractivity contribution in [3.63, 3.8) is 0 Å². The van der Waals surface area contributed by atoms with Crippen LogP contribution in [0.2, 0.25) is 0 Å². The van der Waals surface area contributed by atoms with Crippen LogP contribution in [0.3, 0.4) is 0 Å². The first kappa shape index (κ1) is 70.7. The van der Waals surface area contributed by atoms with Crippen molar-refractivity contribution in [1.29, 1.82) is 0 Å². The van der Waals surface area contributed by atoms with E-state index in [4.69, 9.17) is 4.18 Å². The maximum absolute atomic E-state index is 11.9. The Balaban J connectivity index is -0.000000416. The molecule has 0 bridgehead atoms. The average molecular weight is 952 g/mol. The number of hydrogen-bond acceptors (Lipinski definition) is 7. The van der Waals surface area contributed by atoms with Gasteiger partial charge in [0, 0.05) is 11.9 Å². The van der Waals surface area contributed by atoms with Crippen LogP contribution in [0.25, 0.3) is 0 Å². The van der Waals surface area contributed by atoms with E-state index in [1.54, 1.807) is 30.3 Å². The summed E-state index contributed by atoms with van der Waals surface area (Å²) in [5, 5.41) is 20.4. The van der Waals surface area contributed by atoms with Gasteiger partial charge in [-0.15, -0.1) is 0 Å². The number of aliphatic carboxylic acids is 2. The van der Waals surface area contributed by atoms with Crippen LogP contribution in [-0.4, -0.2) is 27.0 Å². The molecule has 7 nitrogen and oxygen atoms in total. The Morgan fingerprint density at radius 1 is 0.438 bits per heavy atom. The third kappa shape index (κ3) is 60.2. The van der Waals surface area contributed by atoms with E-state index in [0.717, 1.165) is 51.4 Å². The van der Waals surface area contributed by atoms with Crippen molar-refractivity contribution in [1.82, 2.24) is 0 Å². The minimum absolute atomic E-state index is 0. The Kier molecular flexibility index (Phi) is 65.6. The molecule has 0 atom stereocenters. The Bertz CT molecular complexity index is 1190. The van der Waals surface area contributed by atoms with Gasteiger partial charge in [0.1, 0.15) is 0 Å². The van der Waals surface area contributed by atoms with Gasteiger partial charge in [-0.05, 0) is 95.6 Å². The fourth-order valence-electron chi connectivity index (χ4n) is 7.09. The zero-order valence-electron chi connectivity index (χ0n) is 42.5. The van der Waals surface area contributed by atoms with Crippen LogP contribution in [0.4, 0.5) is 0 Å². The topological polar surface area (TPSA) is 124 Å². The van der Waals surface area contributed by atoms with Crippen LogP contribution < -0.4 is 91.2 Å². The number of carbonyl (C=O) groups is 2. The Hall–Kier alpha value is 0.186. The summed E-state index contributed by atoms with van der Waals surface area (Å²) in [5.41, 5.74) is 0. The summed E-state index contributed by atoms with van der Waals surface area (Å²) < 4.78 is 28.8. The quantitative estimate of drug-likeness (QED) is 0.0278. The standard InChI is InChI=1S/C18H30O3S.2C18H34O2.K.Na/c1-2-3-4-5-6-7-8-9-10-14-17-21-22(19,20)18-15-12-11-13-16-18;2*1-2-3-4-5-6-7-8-9-10-11-12-13-14-15-16-17-18(19)20;;/h11-13,15-16H,2-10,14,17H2,1H3;2*9-10H,2-8,11-17H2,1H3,(H,19,20);;/q;;;2*+1/p-2/b;2*10-9-;;. The molecule has 362 valence electrons. The number of carboxylic acids is 2. The van der Waals surface area contributed by atoms with E-state index in [9.17, 15) is 28.2 Å². The minimum atomic E-state index is -3.57. The smallest absolute Gasteiger partial charge is 0.550 e. The number of carboxylic acid groups (broad SMARTS) is 2. The molecule has 0 heterocycles. The van der Waals surface area contributed by atoms with Crippen molar-refractivity contribution in [3.05, 3.63) is 54.6 Å². The van der Waals surface area contributed by atoms with Gasteiger partial charge in [0.05, 0.1) is 11.5 Å². The minimum Gasteiger partial charge on any atom is -0.550 e. The van der Waals surface area contributed by atoms with Crippen molar-refractivity contribution >= 4 is 22.1 Å². The summed E-state index contributed by atoms with van der Waals surface area (Å²) in [6, 6.07) is 8.33. The number of allylic oxidation sites excluding steroid dienone is 4. The molecule has 0 radical (unpaired) electrons. The molecule has 1 rings (SSSR count). The normalized spacial score (nSPS) is 11.0. The van der Waals surface area contributed by atoms with E-state index in [2.05, 4.69) is 45.1 Å². The molecule has 64 heavy (non-hydrogen) atoms. The van der Waals surface area contributed by atoms with E-state index in [0.29, 0.717) is 0 Å². The second kappa shape index (κ2) is 59.3. The van der Waals surface area contributed by atoms with Gasteiger partial charge < -0.3 is 19.8 Å². The van der Waals surface area contributed by atoms with Crippen molar-refractivity contribution in [2.24, 2.45) is 0 Å². The molecule has 0 spiro atoms. The van der Waals surface area contributed by atoms with Crippen LogP contribution in [0.1, 0.15) is 265 Å². The van der Waals surface area contributed by atoms with Crippen LogP contribution in [0, 0.1) is 0 Å². The van der Waals surface area contributed by atoms with Gasteiger partial charge in [-0.3, -0.25) is 4.18 Å². The molecule has 10 heteroatoms. The third-order valence-electron chi connectivity index (χ3n) is 11.1. The first-order valence-corrected chi connectivity index (χ1v) is 27.3. The molecule has 0 N–H and O–H groups in total. The zero-order chi connectivity index (χ0) is 45.9. The van der Waals surface area contributed by atoms with Gasteiger partial charge in [0.25, 0.3) is 10.1 Å². The average Bonchev–Trinajstić information content (AvgIpc) is 3.26. The molecular formula is C54H96KNaO7S. The predicted molar refractivity (Wildman–Crippen MR) is 260 cm³/mol. The van der Waals surface area contributed by atoms with Crippen LogP contribution >= 0.6 is 0 Å². The van der Waals surface area contributed by atoms with Crippen LogP contribution in [-0.2, 0) is 23.9 Å². The molecule has 0 aliphatic rings. The maximum Gasteiger partial charge on any atom is 1.00 e. The van der Waals surface area contributed by atoms with Crippen LogP contribution in [0.15, 0.2) is 59.5 Å². The molecular weight excluding hydrogens is 855 g/mol. The fraction of sp³-hybridized carbons (Fsp3) is 0.778. The Morgan fingerprint density at radius 3 is 1.00 bits per heavy atom. The Labute approximate surface area is 461 Å². The van der Waals surface area contributed by atoms with E-state index < -0.39 is 22.1 Å². The summed E-state index contributed by atoms with van der Waals surface area (Å²) >= 11 is 0. The van der Waals surface area contributed by atoms with Crippen LogP contribution in [0.5, 0.6) is 0 Å². The van der Waals surface area contributed by atoms with E-state index in [1.807, 2.05) is 0 Å². The number of hydrogen-bond donors (Lipinski definition) is 0. The maximum atomic E-state index is 11.9.